The molecule has 0 radical (unpaired) electrons. The first kappa shape index (κ1) is 9.90. The molecular weight excluding hydrogens is 170 g/mol. The normalized spacial score (nSPS) is 24.2. The third-order valence-corrected chi connectivity index (χ3v) is 3.62. The van der Waals surface area contributed by atoms with Gasteiger partial charge in [0, 0.05) is 30.5 Å². The molecule has 1 atom stereocenters. The minimum absolute atomic E-state index is 0.314. The molecule has 1 aliphatic heterocycles. The summed E-state index contributed by atoms with van der Waals surface area (Å²) in [4.78, 5) is 13.3. The predicted octanol–water partition coefficient (Wildman–Crippen LogP) is 1.75. The first-order valence-electron chi connectivity index (χ1n) is 4.67. The van der Waals surface area contributed by atoms with Crippen LogP contribution in [0.25, 0.3) is 0 Å². The molecule has 3 heteroatoms. The van der Waals surface area contributed by atoms with Crippen LogP contribution in [-0.2, 0) is 4.79 Å². The van der Waals surface area contributed by atoms with Gasteiger partial charge in [-0.05, 0) is 6.42 Å². The zero-order valence-electron chi connectivity index (χ0n) is 7.88. The van der Waals surface area contributed by atoms with Gasteiger partial charge in [-0.1, -0.05) is 13.8 Å². The lowest BCUT2D eigenvalue weighted by Gasteiger charge is -2.31. The van der Waals surface area contributed by atoms with E-state index in [1.165, 1.54) is 6.42 Å². The second-order valence-corrected chi connectivity index (χ2v) is 4.50. The maximum absolute atomic E-state index is 11.3. The molecule has 1 heterocycles. The van der Waals surface area contributed by atoms with Crippen LogP contribution < -0.4 is 0 Å². The van der Waals surface area contributed by atoms with Crippen LogP contribution >= 0.6 is 11.8 Å². The van der Waals surface area contributed by atoms with Crippen LogP contribution in [0.2, 0.25) is 0 Å². The highest BCUT2D eigenvalue weighted by Crippen LogP contribution is 2.21. The fourth-order valence-corrected chi connectivity index (χ4v) is 2.60. The van der Waals surface area contributed by atoms with Crippen LogP contribution in [0.15, 0.2) is 0 Å². The fraction of sp³-hybridized carbons (Fsp3) is 0.889. The van der Waals surface area contributed by atoms with Gasteiger partial charge in [0.05, 0.1) is 0 Å². The van der Waals surface area contributed by atoms with Gasteiger partial charge in [0.2, 0.25) is 5.91 Å². The lowest BCUT2D eigenvalue weighted by Crippen LogP contribution is -2.41. The number of thioether (sulfide) groups is 1. The van der Waals surface area contributed by atoms with Crippen LogP contribution in [0.1, 0.15) is 26.7 Å². The van der Waals surface area contributed by atoms with E-state index < -0.39 is 0 Å². The van der Waals surface area contributed by atoms with Crippen molar-refractivity contribution in [3.63, 3.8) is 0 Å². The molecule has 1 aliphatic rings. The Hall–Kier alpha value is -0.180. The summed E-state index contributed by atoms with van der Waals surface area (Å²) in [7, 11) is 0. The van der Waals surface area contributed by atoms with Gasteiger partial charge in [-0.15, -0.1) is 0 Å². The Kier molecular flexibility index (Phi) is 3.92. The van der Waals surface area contributed by atoms with Gasteiger partial charge in [0.15, 0.2) is 0 Å². The number of rotatable bonds is 2. The van der Waals surface area contributed by atoms with Crippen molar-refractivity contribution in [3.05, 3.63) is 0 Å². The van der Waals surface area contributed by atoms with Gasteiger partial charge in [-0.3, -0.25) is 4.79 Å². The van der Waals surface area contributed by atoms with Crippen LogP contribution in [-0.4, -0.2) is 34.9 Å². The third-order valence-electron chi connectivity index (χ3n) is 2.25. The summed E-state index contributed by atoms with van der Waals surface area (Å²) in [5, 5.41) is 0.675. The number of carbonyl (C=O) groups is 1. The number of nitrogens with zero attached hydrogens (tertiary/aromatic N) is 1. The fourth-order valence-electron chi connectivity index (χ4n) is 1.42. The van der Waals surface area contributed by atoms with E-state index in [-0.39, 0.29) is 0 Å². The first-order chi connectivity index (χ1) is 5.77. The maximum atomic E-state index is 11.3. The monoisotopic (exact) mass is 187 g/mol. The van der Waals surface area contributed by atoms with E-state index in [0.717, 1.165) is 18.8 Å². The highest BCUT2D eigenvalue weighted by Gasteiger charge is 2.21. The first-order valence-corrected chi connectivity index (χ1v) is 5.72. The summed E-state index contributed by atoms with van der Waals surface area (Å²) >= 11 is 2.00. The largest absolute Gasteiger partial charge is 0.341 e. The average molecular weight is 187 g/mol. The summed E-state index contributed by atoms with van der Waals surface area (Å²) in [5.74, 6) is 1.43. The Morgan fingerprint density at radius 3 is 2.92 bits per heavy atom. The van der Waals surface area contributed by atoms with Gasteiger partial charge >= 0.3 is 0 Å². The summed E-state index contributed by atoms with van der Waals surface area (Å²) in [6, 6.07) is 0. The molecule has 0 saturated carbocycles. The van der Waals surface area contributed by atoms with E-state index in [2.05, 4.69) is 6.92 Å². The minimum atomic E-state index is 0.314. The Morgan fingerprint density at radius 1 is 1.58 bits per heavy atom. The lowest BCUT2D eigenvalue weighted by atomic mass is 10.3. The van der Waals surface area contributed by atoms with Crippen LogP contribution in [0.4, 0.5) is 0 Å². The van der Waals surface area contributed by atoms with Crippen LogP contribution in [0.3, 0.4) is 0 Å². The number of hydrogen-bond acceptors (Lipinski definition) is 2. The van der Waals surface area contributed by atoms with E-state index in [4.69, 9.17) is 0 Å². The number of hydrogen-bond donors (Lipinski definition) is 0. The minimum Gasteiger partial charge on any atom is -0.341 e. The molecule has 0 aromatic heterocycles. The average Bonchev–Trinajstić information content (AvgIpc) is 2.17. The van der Waals surface area contributed by atoms with Gasteiger partial charge in [-0.2, -0.15) is 11.8 Å². The molecule has 2 nitrogen and oxygen atoms in total. The Bertz CT molecular complexity index is 161. The van der Waals surface area contributed by atoms with Crippen LogP contribution in [0, 0.1) is 0 Å². The standard InChI is InChI=1S/C9H17NOS/c1-3-8-7-10(5-6-12-8)9(11)4-2/h8H,3-7H2,1-2H3. The van der Waals surface area contributed by atoms with E-state index in [0.29, 0.717) is 17.6 Å². The summed E-state index contributed by atoms with van der Waals surface area (Å²) in [5.41, 5.74) is 0. The van der Waals surface area contributed by atoms with Crippen LogP contribution in [0.5, 0.6) is 0 Å². The summed E-state index contributed by atoms with van der Waals surface area (Å²) < 4.78 is 0. The Balaban J connectivity index is 2.40. The van der Waals surface area contributed by atoms with Crippen molar-refractivity contribution in [3.8, 4) is 0 Å². The van der Waals surface area contributed by atoms with E-state index >= 15 is 0 Å². The molecule has 1 amide bonds. The second-order valence-electron chi connectivity index (χ2n) is 3.09. The van der Waals surface area contributed by atoms with Crippen molar-refractivity contribution in [1.82, 2.24) is 4.90 Å². The third kappa shape index (κ3) is 2.41. The van der Waals surface area contributed by atoms with Gasteiger partial charge in [-0.25, -0.2) is 0 Å². The second kappa shape index (κ2) is 4.75. The highest BCUT2D eigenvalue weighted by molar-refractivity contribution is 8.00. The van der Waals surface area contributed by atoms with Crippen molar-refractivity contribution >= 4 is 17.7 Å². The topological polar surface area (TPSA) is 20.3 Å². The van der Waals surface area contributed by atoms with E-state index in [1.54, 1.807) is 0 Å². The van der Waals surface area contributed by atoms with E-state index in [1.807, 2.05) is 23.6 Å². The molecule has 1 rings (SSSR count). The quantitative estimate of drug-likeness (QED) is 0.656. The zero-order valence-corrected chi connectivity index (χ0v) is 8.69. The molecular formula is C9H17NOS. The molecule has 0 spiro atoms. The maximum Gasteiger partial charge on any atom is 0.222 e. The smallest absolute Gasteiger partial charge is 0.222 e. The highest BCUT2D eigenvalue weighted by atomic mass is 32.2. The molecule has 1 saturated heterocycles. The van der Waals surface area contributed by atoms with Crippen molar-refractivity contribution in [2.75, 3.05) is 18.8 Å². The van der Waals surface area contributed by atoms with Gasteiger partial charge < -0.3 is 4.90 Å². The molecule has 0 aromatic carbocycles. The Labute approximate surface area is 78.7 Å². The molecule has 70 valence electrons. The summed E-state index contributed by atoms with van der Waals surface area (Å²) in [6.45, 7) is 6.05. The molecule has 0 N–H and O–H groups in total. The SMILES string of the molecule is CCC(=O)N1CCSC(CC)C1. The zero-order chi connectivity index (χ0) is 8.97. The molecule has 0 aliphatic carbocycles. The molecule has 1 unspecified atom stereocenters. The molecule has 0 aromatic rings. The van der Waals surface area contributed by atoms with Crippen molar-refractivity contribution < 1.29 is 4.79 Å². The Morgan fingerprint density at radius 2 is 2.33 bits per heavy atom. The lowest BCUT2D eigenvalue weighted by molar-refractivity contribution is -0.130. The van der Waals surface area contributed by atoms with E-state index in [9.17, 15) is 4.79 Å². The van der Waals surface area contributed by atoms with Gasteiger partial charge in [0.25, 0.3) is 0 Å². The summed E-state index contributed by atoms with van der Waals surface area (Å²) in [6.07, 6.45) is 1.83. The van der Waals surface area contributed by atoms with Crippen molar-refractivity contribution in [1.29, 1.82) is 0 Å². The van der Waals surface area contributed by atoms with Crippen molar-refractivity contribution in [2.24, 2.45) is 0 Å². The predicted molar refractivity (Wildman–Crippen MR) is 53.4 cm³/mol. The number of amides is 1. The molecule has 1 fully saturated rings. The van der Waals surface area contributed by atoms with Gasteiger partial charge in [0.1, 0.15) is 0 Å². The molecule has 12 heavy (non-hydrogen) atoms. The number of carbonyl (C=O) groups excluding carboxylic acids is 1. The van der Waals surface area contributed by atoms with Crippen molar-refractivity contribution in [2.45, 2.75) is 31.9 Å². The molecule has 0 bridgehead atoms.